The number of hydrogen-bond donors (Lipinski definition) is 0. The van der Waals surface area contributed by atoms with Gasteiger partial charge in [0.15, 0.2) is 0 Å². The quantitative estimate of drug-likeness (QED) is 0.675. The molecule has 1 aliphatic carbocycles. The number of methoxy groups -OCH3 is 1. The summed E-state index contributed by atoms with van der Waals surface area (Å²) in [6, 6.07) is 22.4. The van der Waals surface area contributed by atoms with Gasteiger partial charge in [0.05, 0.1) is 7.11 Å². The van der Waals surface area contributed by atoms with E-state index in [1.807, 2.05) is 36.4 Å². The molecule has 0 bridgehead atoms. The molecule has 0 aromatic heterocycles. The Bertz CT molecular complexity index is 977. The Morgan fingerprint density at radius 1 is 1.00 bits per heavy atom. The van der Waals surface area contributed by atoms with E-state index in [0.29, 0.717) is 0 Å². The monoisotopic (exact) mass is 316 g/mol. The van der Waals surface area contributed by atoms with Crippen molar-refractivity contribution in [2.24, 2.45) is 0 Å². The highest BCUT2D eigenvalue weighted by Crippen LogP contribution is 2.68. The summed E-state index contributed by atoms with van der Waals surface area (Å²) in [7, 11) is 1.45. The molecule has 0 amide bonds. The zero-order chi connectivity index (χ0) is 16.3. The molecule has 1 saturated carbocycles. The highest BCUT2D eigenvalue weighted by molar-refractivity contribution is 5.94. The van der Waals surface area contributed by atoms with Gasteiger partial charge in [0.25, 0.3) is 0 Å². The lowest BCUT2D eigenvalue weighted by Gasteiger charge is -2.14. The molecule has 3 heteroatoms. The largest absolute Gasteiger partial charge is 0.488 e. The SMILES string of the molecule is COC(=O)[C@@]12c3ccccc3O[C@@H]1[C@@H]2c1ccc2ccccc2c1. The number of fused-ring (bicyclic) bond motifs is 4. The molecule has 0 unspecified atom stereocenters. The van der Waals surface area contributed by atoms with Crippen molar-refractivity contribution in [1.82, 2.24) is 0 Å². The molecule has 118 valence electrons. The molecule has 5 rings (SSSR count). The van der Waals surface area contributed by atoms with Crippen LogP contribution in [0, 0.1) is 0 Å². The second-order valence-corrected chi connectivity index (χ2v) is 6.48. The molecule has 1 heterocycles. The second kappa shape index (κ2) is 4.60. The number of carbonyl (C=O) groups is 1. The molecule has 3 aromatic carbocycles. The lowest BCUT2D eigenvalue weighted by Crippen LogP contribution is -2.24. The summed E-state index contributed by atoms with van der Waals surface area (Å²) in [6.45, 7) is 0. The summed E-state index contributed by atoms with van der Waals surface area (Å²) in [6.07, 6.45) is -0.177. The Morgan fingerprint density at radius 2 is 1.75 bits per heavy atom. The van der Waals surface area contributed by atoms with Crippen LogP contribution < -0.4 is 4.74 Å². The van der Waals surface area contributed by atoms with Gasteiger partial charge in [0.2, 0.25) is 0 Å². The minimum Gasteiger partial charge on any atom is -0.488 e. The number of rotatable bonds is 2. The van der Waals surface area contributed by atoms with Crippen LogP contribution in [0.25, 0.3) is 10.8 Å². The predicted molar refractivity (Wildman–Crippen MR) is 91.2 cm³/mol. The minimum atomic E-state index is -0.701. The van der Waals surface area contributed by atoms with Crippen LogP contribution in [0.15, 0.2) is 66.7 Å². The van der Waals surface area contributed by atoms with Gasteiger partial charge in [-0.2, -0.15) is 0 Å². The molecule has 3 atom stereocenters. The van der Waals surface area contributed by atoms with E-state index in [1.54, 1.807) is 0 Å². The lowest BCUT2D eigenvalue weighted by atomic mass is 9.90. The molecular formula is C21H16O3. The first-order valence-electron chi connectivity index (χ1n) is 8.10. The normalized spacial score (nSPS) is 26.4. The number of hydrogen-bond acceptors (Lipinski definition) is 3. The topological polar surface area (TPSA) is 35.5 Å². The fraction of sp³-hybridized carbons (Fsp3) is 0.190. The van der Waals surface area contributed by atoms with Gasteiger partial charge in [-0.25, -0.2) is 0 Å². The third-order valence-electron chi connectivity index (χ3n) is 5.38. The number of esters is 1. The van der Waals surface area contributed by atoms with Crippen molar-refractivity contribution >= 4 is 16.7 Å². The van der Waals surface area contributed by atoms with E-state index < -0.39 is 5.41 Å². The van der Waals surface area contributed by atoms with Gasteiger partial charge in [-0.3, -0.25) is 4.79 Å². The Balaban J connectivity index is 1.66. The fourth-order valence-electron chi connectivity index (χ4n) is 4.25. The van der Waals surface area contributed by atoms with Gasteiger partial charge in [0, 0.05) is 11.5 Å². The van der Waals surface area contributed by atoms with E-state index in [4.69, 9.17) is 9.47 Å². The van der Waals surface area contributed by atoms with Crippen LogP contribution >= 0.6 is 0 Å². The third-order valence-corrected chi connectivity index (χ3v) is 5.38. The van der Waals surface area contributed by atoms with Crippen LogP contribution in [0.4, 0.5) is 0 Å². The Labute approximate surface area is 139 Å². The number of ether oxygens (including phenoxy) is 2. The first-order valence-corrected chi connectivity index (χ1v) is 8.10. The van der Waals surface area contributed by atoms with E-state index in [2.05, 4.69) is 30.3 Å². The van der Waals surface area contributed by atoms with Crippen molar-refractivity contribution in [2.75, 3.05) is 7.11 Å². The van der Waals surface area contributed by atoms with E-state index in [0.717, 1.165) is 16.9 Å². The molecular weight excluding hydrogens is 300 g/mol. The molecule has 3 aromatic rings. The van der Waals surface area contributed by atoms with Gasteiger partial charge >= 0.3 is 5.97 Å². The fourth-order valence-corrected chi connectivity index (χ4v) is 4.25. The van der Waals surface area contributed by atoms with Crippen LogP contribution in [0.3, 0.4) is 0 Å². The summed E-state index contributed by atoms with van der Waals surface area (Å²) in [5, 5.41) is 2.37. The van der Waals surface area contributed by atoms with Crippen LogP contribution in [0.1, 0.15) is 17.0 Å². The first-order chi connectivity index (χ1) is 11.8. The maximum Gasteiger partial charge on any atom is 0.321 e. The van der Waals surface area contributed by atoms with Crippen LogP contribution in [0.2, 0.25) is 0 Å². The van der Waals surface area contributed by atoms with Gasteiger partial charge < -0.3 is 9.47 Å². The maximum atomic E-state index is 12.7. The Hall–Kier alpha value is -2.81. The van der Waals surface area contributed by atoms with E-state index in [-0.39, 0.29) is 18.0 Å². The molecule has 0 radical (unpaired) electrons. The molecule has 3 nitrogen and oxygen atoms in total. The Kier molecular flexibility index (Phi) is 2.61. The summed E-state index contributed by atoms with van der Waals surface area (Å²) < 4.78 is 11.2. The van der Waals surface area contributed by atoms with Gasteiger partial charge in [-0.15, -0.1) is 0 Å². The van der Waals surface area contributed by atoms with E-state index >= 15 is 0 Å². The molecule has 0 N–H and O–H groups in total. The van der Waals surface area contributed by atoms with Gasteiger partial charge in [-0.1, -0.05) is 60.7 Å². The van der Waals surface area contributed by atoms with Crippen molar-refractivity contribution in [3.8, 4) is 5.75 Å². The number of para-hydroxylation sites is 1. The summed E-state index contributed by atoms with van der Waals surface area (Å²) in [5.74, 6) is 0.588. The average Bonchev–Trinajstić information content (AvgIpc) is 3.18. The van der Waals surface area contributed by atoms with E-state index in [9.17, 15) is 4.79 Å². The zero-order valence-electron chi connectivity index (χ0n) is 13.2. The lowest BCUT2D eigenvalue weighted by molar-refractivity contribution is -0.144. The number of benzene rings is 3. The van der Waals surface area contributed by atoms with Crippen molar-refractivity contribution in [3.05, 3.63) is 77.9 Å². The number of carbonyl (C=O) groups excluding carboxylic acids is 1. The molecule has 0 spiro atoms. The van der Waals surface area contributed by atoms with Crippen LogP contribution in [0.5, 0.6) is 5.75 Å². The summed E-state index contributed by atoms with van der Waals surface area (Å²) >= 11 is 0. The Morgan fingerprint density at radius 3 is 2.58 bits per heavy atom. The highest BCUT2D eigenvalue weighted by Gasteiger charge is 2.78. The standard InChI is InChI=1S/C21H16O3/c1-23-20(22)21-16-8-4-5-9-17(16)24-19(21)18(21)15-11-10-13-6-2-3-7-14(13)12-15/h2-12,18-19H,1H3/t18-,19+,21+/m0/s1. The van der Waals surface area contributed by atoms with Crippen LogP contribution in [-0.2, 0) is 14.9 Å². The molecule has 0 saturated heterocycles. The smallest absolute Gasteiger partial charge is 0.321 e. The summed E-state index contributed by atoms with van der Waals surface area (Å²) in [5.41, 5.74) is 1.37. The van der Waals surface area contributed by atoms with Crippen molar-refractivity contribution in [3.63, 3.8) is 0 Å². The third kappa shape index (κ3) is 1.54. The van der Waals surface area contributed by atoms with Gasteiger partial charge in [0.1, 0.15) is 17.3 Å². The first kappa shape index (κ1) is 13.6. The highest BCUT2D eigenvalue weighted by atomic mass is 16.5. The maximum absolute atomic E-state index is 12.7. The summed E-state index contributed by atoms with van der Waals surface area (Å²) in [4.78, 5) is 12.7. The average molecular weight is 316 g/mol. The molecule has 2 aliphatic rings. The van der Waals surface area contributed by atoms with Crippen LogP contribution in [-0.4, -0.2) is 19.2 Å². The second-order valence-electron chi connectivity index (χ2n) is 6.48. The van der Waals surface area contributed by atoms with Crippen molar-refractivity contribution in [2.45, 2.75) is 17.4 Å². The van der Waals surface area contributed by atoms with E-state index in [1.165, 1.54) is 17.9 Å². The minimum absolute atomic E-state index is 0.00413. The van der Waals surface area contributed by atoms with Gasteiger partial charge in [-0.05, 0) is 22.4 Å². The molecule has 1 aliphatic heterocycles. The van der Waals surface area contributed by atoms with Crippen molar-refractivity contribution in [1.29, 1.82) is 0 Å². The zero-order valence-corrected chi connectivity index (χ0v) is 13.2. The molecule has 24 heavy (non-hydrogen) atoms. The van der Waals surface area contributed by atoms with Crippen molar-refractivity contribution < 1.29 is 14.3 Å². The predicted octanol–water partition coefficient (Wildman–Crippen LogP) is 3.81. The molecule has 1 fully saturated rings.